The molecule has 0 spiro atoms. The highest BCUT2D eigenvalue weighted by Crippen LogP contribution is 2.19. The summed E-state index contributed by atoms with van der Waals surface area (Å²) in [6, 6.07) is 6.60. The molecule has 0 aliphatic rings. The zero-order chi connectivity index (χ0) is 14.8. The van der Waals surface area contributed by atoms with E-state index in [1.165, 1.54) is 17.1 Å². The smallest absolute Gasteiger partial charge is 0.245 e. The molecular formula is C14H14FN5O. The van der Waals surface area contributed by atoms with E-state index in [-0.39, 0.29) is 18.3 Å². The van der Waals surface area contributed by atoms with Crippen molar-refractivity contribution in [2.24, 2.45) is 0 Å². The van der Waals surface area contributed by atoms with Crippen LogP contribution in [0, 0.1) is 5.82 Å². The lowest BCUT2D eigenvalue weighted by Crippen LogP contribution is -2.19. The van der Waals surface area contributed by atoms with Gasteiger partial charge in [0.15, 0.2) is 5.82 Å². The number of nitrogens with one attached hydrogen (secondary N) is 1. The van der Waals surface area contributed by atoms with E-state index >= 15 is 0 Å². The Morgan fingerprint density at radius 1 is 1.38 bits per heavy atom. The molecule has 2 aromatic heterocycles. The SMILES string of the molecule is CCn1ncc(NC(=O)Cn2ccc3cccc(F)c32)n1. The van der Waals surface area contributed by atoms with Gasteiger partial charge in [0.25, 0.3) is 0 Å². The van der Waals surface area contributed by atoms with E-state index in [0.29, 0.717) is 17.9 Å². The molecule has 0 unspecified atom stereocenters. The number of aromatic nitrogens is 4. The van der Waals surface area contributed by atoms with Gasteiger partial charge in [0.05, 0.1) is 18.3 Å². The number of nitrogens with zero attached hydrogens (tertiary/aromatic N) is 4. The summed E-state index contributed by atoms with van der Waals surface area (Å²) < 4.78 is 15.4. The number of anilines is 1. The fourth-order valence-corrected chi connectivity index (χ4v) is 2.19. The molecule has 21 heavy (non-hydrogen) atoms. The van der Waals surface area contributed by atoms with Gasteiger partial charge in [0.2, 0.25) is 5.91 Å². The van der Waals surface area contributed by atoms with Crippen LogP contribution in [0.25, 0.3) is 10.9 Å². The first-order valence-electron chi connectivity index (χ1n) is 6.60. The zero-order valence-corrected chi connectivity index (χ0v) is 11.5. The number of halogens is 1. The number of rotatable bonds is 4. The third-order valence-electron chi connectivity index (χ3n) is 3.14. The van der Waals surface area contributed by atoms with Crippen molar-refractivity contribution in [1.82, 2.24) is 19.6 Å². The molecule has 3 aromatic rings. The van der Waals surface area contributed by atoms with Gasteiger partial charge in [-0.05, 0) is 19.1 Å². The van der Waals surface area contributed by atoms with Crippen molar-refractivity contribution < 1.29 is 9.18 Å². The van der Waals surface area contributed by atoms with Crippen molar-refractivity contribution >= 4 is 22.6 Å². The van der Waals surface area contributed by atoms with E-state index in [4.69, 9.17) is 0 Å². The van der Waals surface area contributed by atoms with Crippen molar-refractivity contribution in [1.29, 1.82) is 0 Å². The summed E-state index contributed by atoms with van der Waals surface area (Å²) in [6.07, 6.45) is 3.17. The van der Waals surface area contributed by atoms with E-state index in [1.807, 2.05) is 6.92 Å². The first-order chi connectivity index (χ1) is 10.2. The molecule has 0 saturated carbocycles. The van der Waals surface area contributed by atoms with Crippen LogP contribution in [0.1, 0.15) is 6.92 Å². The largest absolute Gasteiger partial charge is 0.336 e. The lowest BCUT2D eigenvalue weighted by molar-refractivity contribution is -0.116. The van der Waals surface area contributed by atoms with Gasteiger partial charge in [-0.1, -0.05) is 12.1 Å². The number of para-hydroxylation sites is 1. The molecule has 0 bridgehead atoms. The normalized spacial score (nSPS) is 11.0. The zero-order valence-electron chi connectivity index (χ0n) is 11.5. The summed E-state index contributed by atoms with van der Waals surface area (Å²) in [5.41, 5.74) is 0.421. The maximum atomic E-state index is 13.8. The number of benzene rings is 1. The summed E-state index contributed by atoms with van der Waals surface area (Å²) >= 11 is 0. The summed E-state index contributed by atoms with van der Waals surface area (Å²) in [6.45, 7) is 2.55. The Morgan fingerprint density at radius 2 is 2.24 bits per heavy atom. The molecule has 2 heterocycles. The highest BCUT2D eigenvalue weighted by Gasteiger charge is 2.11. The fourth-order valence-electron chi connectivity index (χ4n) is 2.19. The predicted molar refractivity (Wildman–Crippen MR) is 76.2 cm³/mol. The molecule has 0 aliphatic heterocycles. The van der Waals surface area contributed by atoms with Gasteiger partial charge in [0.1, 0.15) is 12.4 Å². The molecule has 108 valence electrons. The third kappa shape index (κ3) is 2.62. The van der Waals surface area contributed by atoms with E-state index < -0.39 is 0 Å². The molecule has 1 aromatic carbocycles. The minimum absolute atomic E-state index is 0.0173. The fraction of sp³-hybridized carbons (Fsp3) is 0.214. The Morgan fingerprint density at radius 3 is 3.00 bits per heavy atom. The average molecular weight is 287 g/mol. The van der Waals surface area contributed by atoms with Crippen molar-refractivity contribution in [2.45, 2.75) is 20.0 Å². The molecule has 1 N–H and O–H groups in total. The third-order valence-corrected chi connectivity index (χ3v) is 3.14. The minimum atomic E-state index is -0.345. The van der Waals surface area contributed by atoms with Gasteiger partial charge in [-0.25, -0.2) is 4.39 Å². The van der Waals surface area contributed by atoms with Crippen molar-refractivity contribution in [3.63, 3.8) is 0 Å². The van der Waals surface area contributed by atoms with Crippen LogP contribution < -0.4 is 5.32 Å². The van der Waals surface area contributed by atoms with Crippen LogP contribution in [-0.2, 0) is 17.9 Å². The van der Waals surface area contributed by atoms with E-state index in [0.717, 1.165) is 5.39 Å². The molecule has 1 amide bonds. The van der Waals surface area contributed by atoms with Crippen molar-refractivity contribution in [3.8, 4) is 0 Å². The molecule has 0 saturated heterocycles. The first kappa shape index (κ1) is 13.3. The standard InChI is InChI=1S/C14H14FN5O/c1-2-20-16-8-12(18-20)17-13(21)9-19-7-6-10-4-3-5-11(15)14(10)19/h3-8H,2,9H2,1H3,(H,17,18,21). The van der Waals surface area contributed by atoms with Gasteiger partial charge in [-0.3, -0.25) is 4.79 Å². The Hall–Kier alpha value is -2.70. The number of fused-ring (bicyclic) bond motifs is 1. The van der Waals surface area contributed by atoms with Crippen molar-refractivity contribution in [3.05, 3.63) is 42.5 Å². The second-order valence-electron chi connectivity index (χ2n) is 4.59. The monoisotopic (exact) mass is 287 g/mol. The Kier molecular flexibility index (Phi) is 3.39. The maximum Gasteiger partial charge on any atom is 0.245 e. The van der Waals surface area contributed by atoms with Crippen LogP contribution in [0.4, 0.5) is 10.2 Å². The lowest BCUT2D eigenvalue weighted by Gasteiger charge is -2.05. The van der Waals surface area contributed by atoms with Crippen LogP contribution in [0.2, 0.25) is 0 Å². The van der Waals surface area contributed by atoms with Gasteiger partial charge in [-0.2, -0.15) is 9.90 Å². The van der Waals surface area contributed by atoms with Gasteiger partial charge >= 0.3 is 0 Å². The van der Waals surface area contributed by atoms with E-state index in [2.05, 4.69) is 15.5 Å². The quantitative estimate of drug-likeness (QED) is 0.798. The number of hydrogen-bond donors (Lipinski definition) is 1. The second-order valence-corrected chi connectivity index (χ2v) is 4.59. The summed E-state index contributed by atoms with van der Waals surface area (Å²) in [5.74, 6) is -0.236. The molecule has 7 heteroatoms. The van der Waals surface area contributed by atoms with Crippen LogP contribution in [0.15, 0.2) is 36.7 Å². The number of amides is 1. The van der Waals surface area contributed by atoms with Crippen molar-refractivity contribution in [2.75, 3.05) is 5.32 Å². The molecule has 0 aliphatic carbocycles. The molecule has 6 nitrogen and oxygen atoms in total. The van der Waals surface area contributed by atoms with E-state index in [1.54, 1.807) is 29.0 Å². The highest BCUT2D eigenvalue weighted by atomic mass is 19.1. The molecule has 3 rings (SSSR count). The lowest BCUT2D eigenvalue weighted by atomic mass is 10.2. The summed E-state index contributed by atoms with van der Waals surface area (Å²) in [7, 11) is 0. The number of carbonyl (C=O) groups is 1. The Bertz CT molecular complexity index is 792. The molecule has 0 fully saturated rings. The topological polar surface area (TPSA) is 64.7 Å². The first-order valence-corrected chi connectivity index (χ1v) is 6.60. The minimum Gasteiger partial charge on any atom is -0.336 e. The highest BCUT2D eigenvalue weighted by molar-refractivity contribution is 5.91. The van der Waals surface area contributed by atoms with Crippen LogP contribution >= 0.6 is 0 Å². The predicted octanol–water partition coefficient (Wildman–Crippen LogP) is 2.03. The summed E-state index contributed by atoms with van der Waals surface area (Å²) in [4.78, 5) is 13.5. The van der Waals surface area contributed by atoms with Gasteiger partial charge in [0, 0.05) is 11.6 Å². The Labute approximate surface area is 120 Å². The average Bonchev–Trinajstić information content (AvgIpc) is 3.07. The maximum absolute atomic E-state index is 13.8. The summed E-state index contributed by atoms with van der Waals surface area (Å²) in [5, 5.41) is 11.4. The molecular weight excluding hydrogens is 273 g/mol. The van der Waals surface area contributed by atoms with Crippen LogP contribution in [0.3, 0.4) is 0 Å². The molecule has 0 radical (unpaired) electrons. The van der Waals surface area contributed by atoms with Gasteiger partial charge < -0.3 is 9.88 Å². The number of aryl methyl sites for hydroxylation is 1. The molecule has 0 atom stereocenters. The number of hydrogen-bond acceptors (Lipinski definition) is 3. The van der Waals surface area contributed by atoms with Crippen LogP contribution in [-0.4, -0.2) is 25.5 Å². The number of carbonyl (C=O) groups excluding carboxylic acids is 1. The second kappa shape index (κ2) is 5.35. The van der Waals surface area contributed by atoms with Gasteiger partial charge in [-0.15, -0.1) is 5.10 Å². The Balaban J connectivity index is 1.77. The van der Waals surface area contributed by atoms with E-state index in [9.17, 15) is 9.18 Å². The van der Waals surface area contributed by atoms with Crippen LogP contribution in [0.5, 0.6) is 0 Å².